The third kappa shape index (κ3) is 6.73. The Hall–Kier alpha value is -8.99. The van der Waals surface area contributed by atoms with Gasteiger partial charge in [-0.05, 0) is 85.0 Å². The third-order valence-corrected chi connectivity index (χ3v) is 13.5. The molecule has 1 aliphatic carbocycles. The van der Waals surface area contributed by atoms with E-state index in [-0.39, 0.29) is 5.92 Å². The zero-order valence-electron chi connectivity index (χ0n) is 36.9. The number of nitrogens with zero attached hydrogens (tertiary/aromatic N) is 3. The zero-order chi connectivity index (χ0) is 45.0. The van der Waals surface area contributed by atoms with Crippen molar-refractivity contribution in [3.63, 3.8) is 0 Å². The van der Waals surface area contributed by atoms with Gasteiger partial charge in [-0.3, -0.25) is 0 Å². The Labute approximate surface area is 394 Å². The van der Waals surface area contributed by atoms with Crippen LogP contribution in [-0.2, 0) is 0 Å². The van der Waals surface area contributed by atoms with Crippen LogP contribution in [-0.4, -0.2) is 15.0 Å². The number of rotatable bonds is 8. The van der Waals surface area contributed by atoms with E-state index >= 15 is 0 Å². The van der Waals surface area contributed by atoms with Crippen LogP contribution < -0.4 is 0 Å². The number of fused-ring (bicyclic) bond motifs is 7. The molecule has 1 atom stereocenters. The van der Waals surface area contributed by atoms with Crippen LogP contribution in [0.2, 0.25) is 0 Å². The van der Waals surface area contributed by atoms with Crippen molar-refractivity contribution >= 4 is 21.9 Å². The molecule has 2 heterocycles. The molecule has 2 aromatic heterocycles. The summed E-state index contributed by atoms with van der Waals surface area (Å²) in [7, 11) is 0. The van der Waals surface area contributed by atoms with Crippen molar-refractivity contribution in [3.8, 4) is 89.8 Å². The van der Waals surface area contributed by atoms with Crippen LogP contribution in [0.15, 0.2) is 247 Å². The van der Waals surface area contributed by atoms with Crippen molar-refractivity contribution in [1.82, 2.24) is 15.0 Å². The van der Waals surface area contributed by atoms with Gasteiger partial charge in [0.25, 0.3) is 0 Å². The first-order valence-corrected chi connectivity index (χ1v) is 23.1. The maximum atomic E-state index is 7.05. The highest BCUT2D eigenvalue weighted by Gasteiger charge is 2.33. The fraction of sp³-hybridized carbons (Fsp3) is 0.0156. The van der Waals surface area contributed by atoms with Gasteiger partial charge >= 0.3 is 0 Å². The molecule has 0 saturated carbocycles. The van der Waals surface area contributed by atoms with Crippen LogP contribution in [0.5, 0.6) is 0 Å². The molecular weight excluding hydrogens is 827 g/mol. The molecule has 4 heteroatoms. The molecule has 0 saturated heterocycles. The molecule has 1 unspecified atom stereocenters. The molecule has 10 aromatic carbocycles. The lowest BCUT2D eigenvalue weighted by Gasteiger charge is -2.16. The van der Waals surface area contributed by atoms with Crippen molar-refractivity contribution in [2.24, 2.45) is 0 Å². The highest BCUT2D eigenvalue weighted by atomic mass is 16.3. The van der Waals surface area contributed by atoms with Crippen LogP contribution >= 0.6 is 0 Å². The minimum absolute atomic E-state index is 0.115. The SMILES string of the molecule is c1ccc(-c2nc(-c3ccccc3)nc(-c3cc(-c4ccc(-c5ccccc5)c(-c5ccccc5)c4)ccc3-c3cccc4oc5c6c(ccc5c34)C(c3ccccc3)c3ccccc3-6)n2)cc1. The van der Waals surface area contributed by atoms with E-state index in [4.69, 9.17) is 19.4 Å². The number of furan rings is 1. The van der Waals surface area contributed by atoms with Gasteiger partial charge in [-0.2, -0.15) is 0 Å². The summed E-state index contributed by atoms with van der Waals surface area (Å²) >= 11 is 0. The molecule has 0 fully saturated rings. The van der Waals surface area contributed by atoms with Crippen molar-refractivity contribution in [1.29, 1.82) is 0 Å². The Morgan fingerprint density at radius 1 is 0.309 bits per heavy atom. The third-order valence-electron chi connectivity index (χ3n) is 13.5. The van der Waals surface area contributed by atoms with Crippen LogP contribution in [0.1, 0.15) is 22.6 Å². The first kappa shape index (κ1) is 39.4. The van der Waals surface area contributed by atoms with E-state index in [1.807, 2.05) is 36.4 Å². The number of aromatic nitrogens is 3. The number of hydrogen-bond donors (Lipinski definition) is 0. The second kappa shape index (κ2) is 16.5. The average molecular weight is 868 g/mol. The van der Waals surface area contributed by atoms with Crippen LogP contribution in [0.25, 0.3) is 112 Å². The molecule has 0 radical (unpaired) electrons. The van der Waals surface area contributed by atoms with E-state index in [0.29, 0.717) is 17.5 Å². The first-order valence-electron chi connectivity index (χ1n) is 23.1. The van der Waals surface area contributed by atoms with Crippen LogP contribution in [0.4, 0.5) is 0 Å². The minimum Gasteiger partial charge on any atom is -0.455 e. The number of hydrogen-bond acceptors (Lipinski definition) is 4. The molecule has 12 aromatic rings. The summed E-state index contributed by atoms with van der Waals surface area (Å²) in [6, 6.07) is 85.8. The molecule has 4 nitrogen and oxygen atoms in total. The second-order valence-corrected chi connectivity index (χ2v) is 17.4. The summed E-state index contributed by atoms with van der Waals surface area (Å²) in [5.41, 5.74) is 19.5. The Balaban J connectivity index is 1.06. The Kier molecular flexibility index (Phi) is 9.54. The Morgan fingerprint density at radius 3 is 1.47 bits per heavy atom. The highest BCUT2D eigenvalue weighted by molar-refractivity contribution is 6.17. The zero-order valence-corrected chi connectivity index (χ0v) is 36.9. The molecular formula is C64H41N3O. The summed E-state index contributed by atoms with van der Waals surface area (Å²) in [5, 5.41) is 2.13. The molecule has 0 bridgehead atoms. The predicted octanol–water partition coefficient (Wildman–Crippen LogP) is 16.6. The lowest BCUT2D eigenvalue weighted by atomic mass is 9.88. The Bertz CT molecular complexity index is 3770. The highest BCUT2D eigenvalue weighted by Crippen LogP contribution is 2.53. The Morgan fingerprint density at radius 2 is 0.824 bits per heavy atom. The predicted molar refractivity (Wildman–Crippen MR) is 278 cm³/mol. The number of benzene rings is 10. The van der Waals surface area contributed by atoms with E-state index < -0.39 is 0 Å². The largest absolute Gasteiger partial charge is 0.455 e. The van der Waals surface area contributed by atoms with Gasteiger partial charge < -0.3 is 4.42 Å². The molecule has 0 amide bonds. The average Bonchev–Trinajstić information content (AvgIpc) is 3.98. The van der Waals surface area contributed by atoms with Crippen molar-refractivity contribution in [3.05, 3.63) is 259 Å². The fourth-order valence-corrected chi connectivity index (χ4v) is 10.3. The van der Waals surface area contributed by atoms with E-state index in [9.17, 15) is 0 Å². The molecule has 13 rings (SSSR count). The fourth-order valence-electron chi connectivity index (χ4n) is 10.3. The minimum atomic E-state index is 0.115. The molecule has 0 N–H and O–H groups in total. The monoisotopic (exact) mass is 867 g/mol. The molecule has 0 aliphatic heterocycles. The van der Waals surface area contributed by atoms with Gasteiger partial charge in [-0.1, -0.05) is 224 Å². The van der Waals surface area contributed by atoms with Gasteiger partial charge in [0.05, 0.1) is 0 Å². The van der Waals surface area contributed by atoms with Crippen LogP contribution in [0.3, 0.4) is 0 Å². The lowest BCUT2D eigenvalue weighted by molar-refractivity contribution is 0.670. The van der Waals surface area contributed by atoms with E-state index in [1.54, 1.807) is 0 Å². The second-order valence-electron chi connectivity index (χ2n) is 17.4. The summed E-state index contributed by atoms with van der Waals surface area (Å²) in [4.78, 5) is 15.8. The first-order chi connectivity index (χ1) is 33.7. The van der Waals surface area contributed by atoms with E-state index in [2.05, 4.69) is 206 Å². The summed E-state index contributed by atoms with van der Waals surface area (Å²) in [6.45, 7) is 0. The molecule has 0 spiro atoms. The van der Waals surface area contributed by atoms with Crippen molar-refractivity contribution < 1.29 is 4.42 Å². The summed E-state index contributed by atoms with van der Waals surface area (Å²) in [6.07, 6.45) is 0. The molecule has 68 heavy (non-hydrogen) atoms. The lowest BCUT2D eigenvalue weighted by Crippen LogP contribution is -2.01. The van der Waals surface area contributed by atoms with Crippen molar-refractivity contribution in [2.75, 3.05) is 0 Å². The van der Waals surface area contributed by atoms with Gasteiger partial charge in [0.2, 0.25) is 0 Å². The summed E-state index contributed by atoms with van der Waals surface area (Å²) in [5.74, 6) is 1.92. The topological polar surface area (TPSA) is 51.8 Å². The molecule has 318 valence electrons. The van der Waals surface area contributed by atoms with Gasteiger partial charge in [-0.15, -0.1) is 0 Å². The maximum absolute atomic E-state index is 7.05. The summed E-state index contributed by atoms with van der Waals surface area (Å²) < 4.78 is 7.05. The van der Waals surface area contributed by atoms with Crippen LogP contribution in [0, 0.1) is 0 Å². The smallest absolute Gasteiger partial charge is 0.164 e. The normalized spacial score (nSPS) is 12.9. The quantitative estimate of drug-likeness (QED) is 0.153. The van der Waals surface area contributed by atoms with Gasteiger partial charge in [0, 0.05) is 38.9 Å². The maximum Gasteiger partial charge on any atom is 0.164 e. The van der Waals surface area contributed by atoms with E-state index in [0.717, 1.165) is 77.6 Å². The molecule has 1 aliphatic rings. The standard InChI is InChI=1S/C64H41N3O/c1-6-19-41(20-7-1)48-35-33-46(39-55(48)42-21-8-2-9-22-42)47-34-36-49(56(40-47)64-66-62(44-25-12-4-13-26-44)65-63(67-64)45-27-14-5-15-28-45)50-31-18-32-57-59(50)54-38-37-53-58(43-23-10-3-11-24-43)51-29-16-17-30-52(51)60(53)61(54)68-57/h1-40,58H. The van der Waals surface area contributed by atoms with Gasteiger partial charge in [0.1, 0.15) is 11.2 Å². The van der Waals surface area contributed by atoms with E-state index in [1.165, 1.54) is 33.4 Å². The van der Waals surface area contributed by atoms with Gasteiger partial charge in [0.15, 0.2) is 17.5 Å². The van der Waals surface area contributed by atoms with Gasteiger partial charge in [-0.25, -0.2) is 15.0 Å². The van der Waals surface area contributed by atoms with Crippen molar-refractivity contribution in [2.45, 2.75) is 5.92 Å².